The maximum absolute atomic E-state index is 12.8. The molecule has 0 aliphatic carbocycles. The Hall–Kier alpha value is -4.98. The Bertz CT molecular complexity index is 1440. The Balaban J connectivity index is 1.66. The monoisotopic (exact) mass is 624 g/mol. The lowest BCUT2D eigenvalue weighted by molar-refractivity contribution is 0.0544. The van der Waals surface area contributed by atoms with Gasteiger partial charge in [0.2, 0.25) is 5.96 Å². The molecule has 0 atom stereocenters. The molecule has 0 saturated heterocycles. The number of rotatable bonds is 7. The predicted molar refractivity (Wildman–Crippen MR) is 166 cm³/mol. The van der Waals surface area contributed by atoms with Gasteiger partial charge in [0.15, 0.2) is 0 Å². The summed E-state index contributed by atoms with van der Waals surface area (Å²) < 4.78 is 10.5. The van der Waals surface area contributed by atoms with E-state index in [0.29, 0.717) is 16.9 Å². The quantitative estimate of drug-likeness (QED) is 0.180. The van der Waals surface area contributed by atoms with Gasteiger partial charge in [0.1, 0.15) is 11.2 Å². The largest absolute Gasteiger partial charge is 0.465 e. The summed E-state index contributed by atoms with van der Waals surface area (Å²) in [6.45, 7) is 10.6. The van der Waals surface area contributed by atoms with Crippen molar-refractivity contribution >= 4 is 52.9 Å². The molecular weight excluding hydrogens is 588 g/mol. The third-order valence-electron chi connectivity index (χ3n) is 5.30. The van der Waals surface area contributed by atoms with Crippen LogP contribution in [0.4, 0.5) is 25.8 Å². The lowest BCUT2D eigenvalue weighted by Gasteiger charge is -2.22. The van der Waals surface area contributed by atoms with Gasteiger partial charge in [0.05, 0.1) is 17.7 Å². The summed E-state index contributed by atoms with van der Waals surface area (Å²) in [5.74, 6) is -0.607. The van der Waals surface area contributed by atoms with Crippen molar-refractivity contribution in [1.82, 2.24) is 20.5 Å². The number of ether oxygens (including phenoxy) is 2. The SMILES string of the molecule is CC(C)(C)OC(=O)NC(=Nc1ccc(C(=O)Nc2ccc(CN(Cc3cncs3)C(=O)O)cc2)cc1)NC(=O)OC(C)(C)C. The van der Waals surface area contributed by atoms with Crippen LogP contribution in [-0.4, -0.2) is 56.3 Å². The van der Waals surface area contributed by atoms with Gasteiger partial charge in [-0.25, -0.2) is 19.4 Å². The Kier molecular flexibility index (Phi) is 11.0. The fourth-order valence-corrected chi connectivity index (χ4v) is 4.13. The number of aromatic nitrogens is 1. The molecule has 0 aliphatic rings. The number of aliphatic imine (C=N–C) groups is 1. The topological polar surface area (TPSA) is 172 Å². The second kappa shape index (κ2) is 14.5. The fourth-order valence-electron chi connectivity index (χ4n) is 3.52. The molecule has 0 aliphatic heterocycles. The first kappa shape index (κ1) is 33.5. The molecule has 3 aromatic rings. The van der Waals surface area contributed by atoms with E-state index < -0.39 is 29.5 Å². The number of thiazole rings is 1. The van der Waals surface area contributed by atoms with Crippen molar-refractivity contribution in [2.24, 2.45) is 4.99 Å². The van der Waals surface area contributed by atoms with Crippen LogP contribution in [0.2, 0.25) is 0 Å². The summed E-state index contributed by atoms with van der Waals surface area (Å²) in [5.41, 5.74) is 2.03. The number of hydrogen-bond acceptors (Lipinski definition) is 9. The second-order valence-corrected chi connectivity index (χ2v) is 12.5. The number of carbonyl (C=O) groups is 4. The predicted octanol–water partition coefficient (Wildman–Crippen LogP) is 6.11. The van der Waals surface area contributed by atoms with Gasteiger partial charge >= 0.3 is 18.3 Å². The maximum atomic E-state index is 12.8. The highest BCUT2D eigenvalue weighted by atomic mass is 32.1. The smallest absolute Gasteiger partial charge is 0.414 e. The van der Waals surface area contributed by atoms with Gasteiger partial charge < -0.3 is 19.9 Å². The third-order valence-corrected chi connectivity index (χ3v) is 6.06. The number of alkyl carbamates (subject to hydrolysis) is 2. The van der Waals surface area contributed by atoms with Gasteiger partial charge in [0.25, 0.3) is 5.91 Å². The summed E-state index contributed by atoms with van der Waals surface area (Å²) in [5, 5.41) is 17.2. The molecule has 1 heterocycles. The summed E-state index contributed by atoms with van der Waals surface area (Å²) in [4.78, 5) is 59.5. The van der Waals surface area contributed by atoms with Crippen molar-refractivity contribution in [3.63, 3.8) is 0 Å². The zero-order valence-electron chi connectivity index (χ0n) is 25.3. The van der Waals surface area contributed by atoms with E-state index in [1.54, 1.807) is 77.5 Å². The third kappa shape index (κ3) is 11.7. The minimum absolute atomic E-state index is 0.178. The lowest BCUT2D eigenvalue weighted by Crippen LogP contribution is -2.47. The van der Waals surface area contributed by atoms with Crippen molar-refractivity contribution in [1.29, 1.82) is 0 Å². The fraction of sp³-hybridized carbons (Fsp3) is 0.333. The van der Waals surface area contributed by atoms with Gasteiger partial charge in [-0.15, -0.1) is 11.3 Å². The molecule has 0 saturated carbocycles. The molecule has 0 unspecified atom stereocenters. The average molecular weight is 625 g/mol. The van der Waals surface area contributed by atoms with Crippen LogP contribution < -0.4 is 16.0 Å². The number of benzene rings is 2. The Morgan fingerprint density at radius 2 is 1.43 bits per heavy atom. The normalized spacial score (nSPS) is 11.1. The van der Waals surface area contributed by atoms with Crippen LogP contribution in [-0.2, 0) is 22.6 Å². The summed E-state index contributed by atoms with van der Waals surface area (Å²) in [6.07, 6.45) is -1.06. The molecule has 3 rings (SSSR count). The highest BCUT2D eigenvalue weighted by molar-refractivity contribution is 7.09. The Morgan fingerprint density at radius 1 is 0.864 bits per heavy atom. The number of hydrogen-bond donors (Lipinski definition) is 4. The first-order chi connectivity index (χ1) is 20.6. The summed E-state index contributed by atoms with van der Waals surface area (Å²) >= 11 is 1.38. The van der Waals surface area contributed by atoms with Crippen molar-refractivity contribution < 1.29 is 33.8 Å². The first-order valence-corrected chi connectivity index (χ1v) is 14.4. The molecule has 1 aromatic heterocycles. The standard InChI is InChI=1S/C30H36N6O7S/c1-29(2,3)42-26(38)34-25(35-27(39)43-30(4,5)6)33-22-13-9-20(10-14-22)24(37)32-21-11-7-19(8-12-21)16-36(28(40)41)17-23-15-31-18-44-23/h7-15,18H,16-17H2,1-6H3,(H,32,37)(H,40,41)(H2,33,34,35,38,39). The molecular formula is C30H36N6O7S. The lowest BCUT2D eigenvalue weighted by atomic mass is 10.1. The average Bonchev–Trinajstić information content (AvgIpc) is 3.40. The number of nitrogens with zero attached hydrogens (tertiary/aromatic N) is 3. The van der Waals surface area contributed by atoms with Gasteiger partial charge in [0, 0.05) is 28.9 Å². The zero-order valence-corrected chi connectivity index (χ0v) is 26.2. The molecule has 0 spiro atoms. The number of guanidine groups is 1. The van der Waals surface area contributed by atoms with Crippen molar-refractivity contribution in [3.05, 3.63) is 76.2 Å². The highest BCUT2D eigenvalue weighted by Crippen LogP contribution is 2.18. The summed E-state index contributed by atoms with van der Waals surface area (Å²) in [7, 11) is 0. The minimum atomic E-state index is -1.04. The van der Waals surface area contributed by atoms with E-state index in [-0.39, 0.29) is 25.0 Å². The highest BCUT2D eigenvalue weighted by Gasteiger charge is 2.21. The van der Waals surface area contributed by atoms with Gasteiger partial charge in [-0.2, -0.15) is 0 Å². The van der Waals surface area contributed by atoms with Gasteiger partial charge in [-0.1, -0.05) is 12.1 Å². The van der Waals surface area contributed by atoms with Crippen molar-refractivity contribution in [2.75, 3.05) is 5.32 Å². The van der Waals surface area contributed by atoms with E-state index in [9.17, 15) is 24.3 Å². The molecule has 0 radical (unpaired) electrons. The summed E-state index contributed by atoms with van der Waals surface area (Å²) in [6, 6.07) is 13.0. The molecule has 0 fully saturated rings. The van der Waals surface area contributed by atoms with E-state index in [1.165, 1.54) is 40.5 Å². The minimum Gasteiger partial charge on any atom is -0.465 e. The molecule has 44 heavy (non-hydrogen) atoms. The molecule has 4 N–H and O–H groups in total. The second-order valence-electron chi connectivity index (χ2n) is 11.5. The maximum Gasteiger partial charge on any atom is 0.414 e. The molecule has 2 aromatic carbocycles. The number of carbonyl (C=O) groups excluding carboxylic acids is 3. The van der Waals surface area contributed by atoms with Crippen LogP contribution >= 0.6 is 11.3 Å². The van der Waals surface area contributed by atoms with E-state index in [0.717, 1.165) is 10.4 Å². The van der Waals surface area contributed by atoms with E-state index in [4.69, 9.17) is 9.47 Å². The van der Waals surface area contributed by atoms with Crippen LogP contribution in [0.3, 0.4) is 0 Å². The molecule has 234 valence electrons. The van der Waals surface area contributed by atoms with Gasteiger partial charge in [-0.3, -0.25) is 25.3 Å². The van der Waals surface area contributed by atoms with Crippen LogP contribution in [0.15, 0.2) is 65.2 Å². The van der Waals surface area contributed by atoms with E-state index in [2.05, 4.69) is 25.9 Å². The van der Waals surface area contributed by atoms with E-state index >= 15 is 0 Å². The molecule has 14 heteroatoms. The molecule has 4 amide bonds. The van der Waals surface area contributed by atoms with Crippen molar-refractivity contribution in [2.45, 2.75) is 65.8 Å². The van der Waals surface area contributed by atoms with Crippen LogP contribution in [0.1, 0.15) is 62.3 Å². The van der Waals surface area contributed by atoms with Crippen LogP contribution in [0, 0.1) is 0 Å². The Morgan fingerprint density at radius 3 is 1.91 bits per heavy atom. The number of amides is 4. The number of carboxylic acid groups (broad SMARTS) is 1. The zero-order chi connectivity index (χ0) is 32.5. The molecule has 0 bridgehead atoms. The van der Waals surface area contributed by atoms with Crippen molar-refractivity contribution in [3.8, 4) is 0 Å². The van der Waals surface area contributed by atoms with E-state index in [1.807, 2.05) is 0 Å². The van der Waals surface area contributed by atoms with Crippen LogP contribution in [0.25, 0.3) is 0 Å². The Labute approximate surface area is 259 Å². The number of anilines is 1. The van der Waals surface area contributed by atoms with Crippen LogP contribution in [0.5, 0.6) is 0 Å². The number of nitrogens with one attached hydrogen (secondary N) is 3. The van der Waals surface area contributed by atoms with Gasteiger partial charge in [-0.05, 0) is 83.5 Å². The first-order valence-electron chi connectivity index (χ1n) is 13.5. The molecule has 13 nitrogen and oxygen atoms in total.